The molecule has 3 nitrogen and oxygen atoms in total. The molecule has 0 saturated carbocycles. The van der Waals surface area contributed by atoms with Crippen molar-refractivity contribution in [2.24, 2.45) is 0 Å². The fourth-order valence-corrected chi connectivity index (χ4v) is 3.13. The molecule has 1 rings (SSSR count). The second kappa shape index (κ2) is 5.85. The number of aliphatic hydroxyl groups is 1. The van der Waals surface area contributed by atoms with Gasteiger partial charge in [-0.05, 0) is 12.7 Å². The first-order valence-corrected chi connectivity index (χ1v) is 6.97. The van der Waals surface area contributed by atoms with Crippen LogP contribution in [0.15, 0.2) is 8.68 Å². The molecular weight excluding hydrogens is 224 g/mol. The second-order valence-corrected chi connectivity index (χ2v) is 5.71. The Hall–Kier alpha value is 0.220. The summed E-state index contributed by atoms with van der Waals surface area (Å²) in [5.74, 6) is 0.708. The van der Waals surface area contributed by atoms with Gasteiger partial charge in [-0.1, -0.05) is 41.8 Å². The molecule has 0 bridgehead atoms. The summed E-state index contributed by atoms with van der Waals surface area (Å²) in [5.41, 5.74) is 0. The van der Waals surface area contributed by atoms with E-state index in [1.54, 1.807) is 34.9 Å². The Morgan fingerprint density at radius 1 is 1.46 bits per heavy atom. The van der Waals surface area contributed by atoms with Gasteiger partial charge in [-0.15, -0.1) is 10.2 Å². The summed E-state index contributed by atoms with van der Waals surface area (Å²) in [6.07, 6.45) is 2.54. The lowest BCUT2D eigenvalue weighted by Gasteiger charge is -2.03. The Morgan fingerprint density at radius 3 is 2.69 bits per heavy atom. The van der Waals surface area contributed by atoms with Crippen LogP contribution in [0.25, 0.3) is 0 Å². The molecular formula is C7H12N2OS3. The van der Waals surface area contributed by atoms with E-state index < -0.39 is 0 Å². The van der Waals surface area contributed by atoms with Gasteiger partial charge in [0.1, 0.15) is 0 Å². The first-order chi connectivity index (χ1) is 6.26. The first-order valence-electron chi connectivity index (χ1n) is 3.94. The fraction of sp³-hybridized carbons (Fsp3) is 0.714. The zero-order valence-electron chi connectivity index (χ0n) is 7.56. The topological polar surface area (TPSA) is 46.0 Å². The van der Waals surface area contributed by atoms with Crippen LogP contribution in [-0.2, 0) is 0 Å². The molecule has 74 valence electrons. The highest BCUT2D eigenvalue weighted by Crippen LogP contribution is 2.27. The number of aromatic nitrogens is 2. The van der Waals surface area contributed by atoms with Crippen LogP contribution in [0.1, 0.15) is 13.3 Å². The van der Waals surface area contributed by atoms with E-state index in [0.717, 1.165) is 15.1 Å². The minimum atomic E-state index is -0.230. The molecule has 1 N–H and O–H groups in total. The van der Waals surface area contributed by atoms with Gasteiger partial charge in [0.25, 0.3) is 0 Å². The van der Waals surface area contributed by atoms with Crippen LogP contribution in [0.5, 0.6) is 0 Å². The van der Waals surface area contributed by atoms with Crippen molar-refractivity contribution in [3.05, 3.63) is 0 Å². The van der Waals surface area contributed by atoms with E-state index in [1.165, 1.54) is 0 Å². The lowest BCUT2D eigenvalue weighted by atomic mass is 10.3. The van der Waals surface area contributed by atoms with Gasteiger partial charge in [0.05, 0.1) is 6.10 Å². The van der Waals surface area contributed by atoms with Gasteiger partial charge in [0.15, 0.2) is 8.68 Å². The number of aliphatic hydroxyl groups excluding tert-OH is 1. The third kappa shape index (κ3) is 3.84. The Balaban J connectivity index is 2.36. The molecule has 13 heavy (non-hydrogen) atoms. The molecule has 1 aromatic rings. The predicted octanol–water partition coefficient (Wildman–Crippen LogP) is 2.12. The van der Waals surface area contributed by atoms with Gasteiger partial charge < -0.3 is 5.11 Å². The van der Waals surface area contributed by atoms with Crippen molar-refractivity contribution in [3.63, 3.8) is 0 Å². The van der Waals surface area contributed by atoms with E-state index >= 15 is 0 Å². The third-order valence-corrected chi connectivity index (χ3v) is 4.61. The van der Waals surface area contributed by atoms with Crippen LogP contribution >= 0.6 is 34.9 Å². The molecule has 1 heterocycles. The van der Waals surface area contributed by atoms with Crippen LogP contribution in [0.2, 0.25) is 0 Å². The van der Waals surface area contributed by atoms with Gasteiger partial charge >= 0.3 is 0 Å². The van der Waals surface area contributed by atoms with Crippen molar-refractivity contribution in [3.8, 4) is 0 Å². The standard InChI is InChI=1S/C7H12N2OS3/c1-3-5(10)4-12-7-9-8-6(11-2)13-7/h5,10H,3-4H2,1-2H3. The van der Waals surface area contributed by atoms with Crippen molar-refractivity contribution in [2.75, 3.05) is 12.0 Å². The molecule has 6 heteroatoms. The molecule has 1 aromatic heterocycles. The Morgan fingerprint density at radius 2 is 2.15 bits per heavy atom. The number of hydrogen-bond acceptors (Lipinski definition) is 6. The summed E-state index contributed by atoms with van der Waals surface area (Å²) in [4.78, 5) is 0. The number of rotatable bonds is 5. The summed E-state index contributed by atoms with van der Waals surface area (Å²) >= 11 is 4.75. The zero-order valence-corrected chi connectivity index (χ0v) is 10.0. The van der Waals surface area contributed by atoms with Crippen LogP contribution in [0.4, 0.5) is 0 Å². The summed E-state index contributed by atoms with van der Waals surface area (Å²) in [7, 11) is 0. The maximum Gasteiger partial charge on any atom is 0.175 e. The maximum atomic E-state index is 9.31. The lowest BCUT2D eigenvalue weighted by molar-refractivity contribution is 0.195. The van der Waals surface area contributed by atoms with E-state index in [9.17, 15) is 5.11 Å². The molecule has 0 aromatic carbocycles. The molecule has 0 amide bonds. The Kier molecular flexibility index (Phi) is 5.08. The average molecular weight is 236 g/mol. The van der Waals surface area contributed by atoms with Crippen molar-refractivity contribution >= 4 is 34.9 Å². The Labute approximate surface area is 90.3 Å². The fourth-order valence-electron chi connectivity index (χ4n) is 0.623. The summed E-state index contributed by atoms with van der Waals surface area (Å²) in [5, 5.41) is 17.3. The van der Waals surface area contributed by atoms with Crippen molar-refractivity contribution in [1.29, 1.82) is 0 Å². The number of hydrogen-bond donors (Lipinski definition) is 1. The summed E-state index contributed by atoms with van der Waals surface area (Å²) in [6.45, 7) is 1.97. The molecule has 0 spiro atoms. The quantitative estimate of drug-likeness (QED) is 0.794. The highest BCUT2D eigenvalue weighted by Gasteiger charge is 2.06. The van der Waals surface area contributed by atoms with Gasteiger partial charge in [-0.2, -0.15) is 0 Å². The van der Waals surface area contributed by atoms with E-state index in [0.29, 0.717) is 5.75 Å². The lowest BCUT2D eigenvalue weighted by Crippen LogP contribution is -2.06. The van der Waals surface area contributed by atoms with E-state index in [-0.39, 0.29) is 6.10 Å². The summed E-state index contributed by atoms with van der Waals surface area (Å²) in [6, 6.07) is 0. The van der Waals surface area contributed by atoms with Crippen molar-refractivity contribution < 1.29 is 5.11 Å². The molecule has 0 fully saturated rings. The smallest absolute Gasteiger partial charge is 0.175 e. The maximum absolute atomic E-state index is 9.31. The molecule has 0 radical (unpaired) electrons. The normalized spacial score (nSPS) is 13.2. The van der Waals surface area contributed by atoms with E-state index in [2.05, 4.69) is 10.2 Å². The van der Waals surface area contributed by atoms with Crippen LogP contribution in [0, 0.1) is 0 Å². The van der Waals surface area contributed by atoms with Gasteiger partial charge in [-0.25, -0.2) is 0 Å². The number of thioether (sulfide) groups is 2. The Bertz CT molecular complexity index is 254. The average Bonchev–Trinajstić information content (AvgIpc) is 2.61. The second-order valence-electron chi connectivity index (χ2n) is 2.41. The zero-order chi connectivity index (χ0) is 9.68. The third-order valence-electron chi connectivity index (χ3n) is 1.43. The molecule has 1 unspecified atom stereocenters. The molecule has 0 saturated heterocycles. The molecule has 0 aliphatic rings. The summed E-state index contributed by atoms with van der Waals surface area (Å²) < 4.78 is 1.92. The molecule has 1 atom stereocenters. The van der Waals surface area contributed by atoms with Gasteiger partial charge in [-0.3, -0.25) is 0 Å². The van der Waals surface area contributed by atoms with Gasteiger partial charge in [0, 0.05) is 5.75 Å². The molecule has 0 aliphatic heterocycles. The minimum absolute atomic E-state index is 0.230. The monoisotopic (exact) mass is 236 g/mol. The number of nitrogens with zero attached hydrogens (tertiary/aromatic N) is 2. The highest BCUT2D eigenvalue weighted by atomic mass is 32.2. The van der Waals surface area contributed by atoms with E-state index in [4.69, 9.17) is 0 Å². The van der Waals surface area contributed by atoms with Crippen molar-refractivity contribution in [2.45, 2.75) is 28.1 Å². The molecule has 0 aliphatic carbocycles. The minimum Gasteiger partial charge on any atom is -0.392 e. The first kappa shape index (κ1) is 11.3. The van der Waals surface area contributed by atoms with E-state index in [1.807, 2.05) is 13.2 Å². The van der Waals surface area contributed by atoms with Crippen LogP contribution in [0.3, 0.4) is 0 Å². The SMILES string of the molecule is CCC(O)CSc1nnc(SC)s1. The van der Waals surface area contributed by atoms with Crippen LogP contribution in [-0.4, -0.2) is 33.4 Å². The van der Waals surface area contributed by atoms with Crippen LogP contribution < -0.4 is 0 Å². The van der Waals surface area contributed by atoms with Gasteiger partial charge in [0.2, 0.25) is 0 Å². The highest BCUT2D eigenvalue weighted by molar-refractivity contribution is 8.02. The predicted molar refractivity (Wildman–Crippen MR) is 58.7 cm³/mol. The van der Waals surface area contributed by atoms with Crippen molar-refractivity contribution in [1.82, 2.24) is 10.2 Å². The largest absolute Gasteiger partial charge is 0.392 e.